The second kappa shape index (κ2) is 5.83. The normalized spacial score (nSPS) is 17.7. The summed E-state index contributed by atoms with van der Waals surface area (Å²) in [4.78, 5) is 12.2. The van der Waals surface area contributed by atoms with Crippen molar-refractivity contribution in [1.82, 2.24) is 5.32 Å². The quantitative estimate of drug-likeness (QED) is 0.931. The predicted octanol–water partition coefficient (Wildman–Crippen LogP) is 3.63. The summed E-state index contributed by atoms with van der Waals surface area (Å²) in [6.45, 7) is 2.06. The maximum atomic E-state index is 12.2. The van der Waals surface area contributed by atoms with Gasteiger partial charge in [0, 0.05) is 0 Å². The number of rotatable bonds is 3. The van der Waals surface area contributed by atoms with Gasteiger partial charge >= 0.3 is 0 Å². The van der Waals surface area contributed by atoms with Crippen molar-refractivity contribution in [3.63, 3.8) is 0 Å². The van der Waals surface area contributed by atoms with Gasteiger partial charge in [0.2, 0.25) is 0 Å². The third-order valence-corrected chi connectivity index (χ3v) is 3.54. The molecule has 2 aromatic carbocycles. The van der Waals surface area contributed by atoms with Gasteiger partial charge < -0.3 is 10.1 Å². The molecule has 21 heavy (non-hydrogen) atoms. The average molecular weight is 279 g/mol. The van der Waals surface area contributed by atoms with Crippen molar-refractivity contribution in [2.24, 2.45) is 0 Å². The third kappa shape index (κ3) is 2.82. The molecule has 0 aromatic heterocycles. The van der Waals surface area contributed by atoms with Crippen LogP contribution in [0, 0.1) is 0 Å². The maximum absolute atomic E-state index is 12.2. The van der Waals surface area contributed by atoms with Crippen LogP contribution in [0.15, 0.2) is 60.2 Å². The minimum atomic E-state index is -0.405. The second-order valence-electron chi connectivity index (χ2n) is 4.95. The molecule has 3 heteroatoms. The molecule has 106 valence electrons. The number of benzene rings is 2. The largest absolute Gasteiger partial charge is 0.466 e. The van der Waals surface area contributed by atoms with Gasteiger partial charge in [0.1, 0.15) is 5.75 Å². The van der Waals surface area contributed by atoms with E-state index in [4.69, 9.17) is 4.74 Å². The molecule has 0 aliphatic carbocycles. The summed E-state index contributed by atoms with van der Waals surface area (Å²) in [5.74, 6) is 0.549. The monoisotopic (exact) mass is 279 g/mol. The lowest BCUT2D eigenvalue weighted by Crippen LogP contribution is -2.44. The Balaban J connectivity index is 1.90. The highest BCUT2D eigenvalue weighted by Crippen LogP contribution is 2.26. The Kier molecular flexibility index (Phi) is 3.73. The zero-order valence-electron chi connectivity index (χ0n) is 11.9. The van der Waals surface area contributed by atoms with Crippen molar-refractivity contribution in [3.05, 3.63) is 71.3 Å². The molecule has 0 saturated carbocycles. The number of fused-ring (bicyclic) bond motifs is 1. The van der Waals surface area contributed by atoms with Gasteiger partial charge in [0.25, 0.3) is 5.91 Å². The smallest absolute Gasteiger partial charge is 0.258 e. The Morgan fingerprint density at radius 3 is 2.62 bits per heavy atom. The molecule has 1 amide bonds. The molecule has 1 aliphatic heterocycles. The molecule has 2 aromatic rings. The Labute approximate surface area is 124 Å². The van der Waals surface area contributed by atoms with Crippen LogP contribution in [0.5, 0.6) is 5.75 Å². The fourth-order valence-corrected chi connectivity index (χ4v) is 2.41. The minimum absolute atomic E-state index is 0.0886. The highest BCUT2D eigenvalue weighted by molar-refractivity contribution is 5.98. The zero-order chi connectivity index (χ0) is 14.7. The van der Waals surface area contributed by atoms with Crippen LogP contribution >= 0.6 is 0 Å². The number of carbonyl (C=O) groups excluding carboxylic acids is 1. The van der Waals surface area contributed by atoms with Gasteiger partial charge in [-0.1, -0.05) is 55.5 Å². The van der Waals surface area contributed by atoms with Crippen molar-refractivity contribution < 1.29 is 9.53 Å². The molecule has 3 nitrogen and oxygen atoms in total. The fourth-order valence-electron chi connectivity index (χ4n) is 2.41. The Hall–Kier alpha value is -2.55. The molecule has 0 radical (unpaired) electrons. The van der Waals surface area contributed by atoms with Crippen LogP contribution in [0.25, 0.3) is 6.08 Å². The first-order chi connectivity index (χ1) is 10.3. The van der Waals surface area contributed by atoms with Crippen molar-refractivity contribution in [2.45, 2.75) is 19.6 Å². The molecule has 1 heterocycles. The maximum Gasteiger partial charge on any atom is 0.258 e. The molecule has 1 aliphatic rings. The molecule has 1 atom stereocenters. The first kappa shape index (κ1) is 13.4. The van der Waals surface area contributed by atoms with Crippen molar-refractivity contribution in [2.75, 3.05) is 0 Å². The third-order valence-electron chi connectivity index (χ3n) is 3.54. The summed E-state index contributed by atoms with van der Waals surface area (Å²) >= 11 is 0. The van der Waals surface area contributed by atoms with Gasteiger partial charge in [-0.05, 0) is 29.7 Å². The number of hydrogen-bond donors (Lipinski definition) is 1. The van der Waals surface area contributed by atoms with Gasteiger partial charge in [-0.2, -0.15) is 0 Å². The molecule has 0 bridgehead atoms. The summed E-state index contributed by atoms with van der Waals surface area (Å²) < 4.78 is 5.93. The first-order valence-electron chi connectivity index (χ1n) is 7.10. The minimum Gasteiger partial charge on any atom is -0.466 e. The van der Waals surface area contributed by atoms with Crippen LogP contribution in [0.1, 0.15) is 29.3 Å². The van der Waals surface area contributed by atoms with Gasteiger partial charge in [-0.25, -0.2) is 0 Å². The van der Waals surface area contributed by atoms with Gasteiger partial charge in [0.15, 0.2) is 6.23 Å². The summed E-state index contributed by atoms with van der Waals surface area (Å²) in [6.07, 6.45) is 2.47. The van der Waals surface area contributed by atoms with E-state index >= 15 is 0 Å². The SMILES string of the molecule is CC/C(=C/c1ccccc1)[C@@H]1NC(=O)c2ccccc2O1. The van der Waals surface area contributed by atoms with Gasteiger partial charge in [0.05, 0.1) is 5.56 Å². The van der Waals surface area contributed by atoms with Gasteiger partial charge in [-0.3, -0.25) is 4.79 Å². The number of carbonyl (C=O) groups is 1. The Morgan fingerprint density at radius 2 is 1.86 bits per heavy atom. The summed E-state index contributed by atoms with van der Waals surface area (Å²) in [5, 5.41) is 2.91. The van der Waals surface area contributed by atoms with Crippen LogP contribution in [0.4, 0.5) is 0 Å². The van der Waals surface area contributed by atoms with Crippen LogP contribution in [-0.4, -0.2) is 12.1 Å². The topological polar surface area (TPSA) is 38.3 Å². The van der Waals surface area contributed by atoms with E-state index in [2.05, 4.69) is 18.3 Å². The van der Waals surface area contributed by atoms with E-state index in [9.17, 15) is 4.79 Å². The molecule has 0 unspecified atom stereocenters. The zero-order valence-corrected chi connectivity index (χ0v) is 11.9. The second-order valence-corrected chi connectivity index (χ2v) is 4.95. The van der Waals surface area contributed by atoms with E-state index in [0.29, 0.717) is 11.3 Å². The van der Waals surface area contributed by atoms with Crippen molar-refractivity contribution >= 4 is 12.0 Å². The highest BCUT2D eigenvalue weighted by atomic mass is 16.5. The first-order valence-corrected chi connectivity index (χ1v) is 7.10. The van der Waals surface area contributed by atoms with E-state index in [-0.39, 0.29) is 5.91 Å². The Bertz CT molecular complexity index is 677. The molecule has 3 rings (SSSR count). The fraction of sp³-hybridized carbons (Fsp3) is 0.167. The number of hydrogen-bond acceptors (Lipinski definition) is 2. The summed E-state index contributed by atoms with van der Waals surface area (Å²) in [5.41, 5.74) is 2.74. The molecular formula is C18H17NO2. The summed E-state index contributed by atoms with van der Waals surface area (Å²) in [6, 6.07) is 17.4. The number of para-hydroxylation sites is 1. The highest BCUT2D eigenvalue weighted by Gasteiger charge is 2.26. The lowest BCUT2D eigenvalue weighted by atomic mass is 10.0. The van der Waals surface area contributed by atoms with E-state index in [1.807, 2.05) is 48.5 Å². The van der Waals surface area contributed by atoms with Crippen LogP contribution in [-0.2, 0) is 0 Å². The van der Waals surface area contributed by atoms with Crippen molar-refractivity contribution in [1.29, 1.82) is 0 Å². The molecule has 1 N–H and O–H groups in total. The Morgan fingerprint density at radius 1 is 1.14 bits per heavy atom. The van der Waals surface area contributed by atoms with E-state index in [1.165, 1.54) is 0 Å². The number of amides is 1. The number of ether oxygens (including phenoxy) is 1. The molecular weight excluding hydrogens is 262 g/mol. The predicted molar refractivity (Wildman–Crippen MR) is 83.0 cm³/mol. The van der Waals surface area contributed by atoms with Gasteiger partial charge in [-0.15, -0.1) is 0 Å². The molecule has 0 saturated heterocycles. The molecule has 0 spiro atoms. The van der Waals surface area contributed by atoms with Crippen LogP contribution in [0.2, 0.25) is 0 Å². The summed E-state index contributed by atoms with van der Waals surface area (Å²) in [7, 11) is 0. The van der Waals surface area contributed by atoms with E-state index < -0.39 is 6.23 Å². The number of nitrogens with one attached hydrogen (secondary N) is 1. The lowest BCUT2D eigenvalue weighted by molar-refractivity contribution is 0.0808. The van der Waals surface area contributed by atoms with Crippen LogP contribution in [0.3, 0.4) is 0 Å². The lowest BCUT2D eigenvalue weighted by Gasteiger charge is -2.28. The van der Waals surface area contributed by atoms with E-state index in [0.717, 1.165) is 17.6 Å². The molecule has 0 fully saturated rings. The average Bonchev–Trinajstić information content (AvgIpc) is 2.53. The van der Waals surface area contributed by atoms with Crippen molar-refractivity contribution in [3.8, 4) is 5.75 Å². The standard InChI is InChI=1S/C18H17NO2/c1-2-14(12-13-8-4-3-5-9-13)18-19-17(20)15-10-6-7-11-16(15)21-18/h3-12,18H,2H2,1H3,(H,19,20)/b14-12-/t18-/m1/s1. The van der Waals surface area contributed by atoms with E-state index in [1.54, 1.807) is 6.07 Å². The van der Waals surface area contributed by atoms with Crippen LogP contribution < -0.4 is 10.1 Å².